The molecule has 0 aromatic heterocycles. The second-order valence-corrected chi connectivity index (χ2v) is 7.29. The summed E-state index contributed by atoms with van der Waals surface area (Å²) in [6, 6.07) is 8.80. The highest BCUT2D eigenvalue weighted by atomic mass is 79.9. The normalized spacial score (nSPS) is 18.1. The van der Waals surface area contributed by atoms with E-state index in [0.29, 0.717) is 6.04 Å². The van der Waals surface area contributed by atoms with E-state index < -0.39 is 0 Å². The lowest BCUT2D eigenvalue weighted by Crippen LogP contribution is -2.42. The summed E-state index contributed by atoms with van der Waals surface area (Å²) in [4.78, 5) is 14.7. The predicted octanol–water partition coefficient (Wildman–Crippen LogP) is 3.97. The molecule has 0 radical (unpaired) electrons. The van der Waals surface area contributed by atoms with E-state index in [-0.39, 0.29) is 11.8 Å². The molecule has 0 bridgehead atoms. The molecule has 1 aromatic carbocycles. The number of amides is 1. The summed E-state index contributed by atoms with van der Waals surface area (Å²) in [5, 5.41) is 3.16. The number of hydrogen-bond donors (Lipinski definition) is 1. The molecule has 1 aliphatic rings. The van der Waals surface area contributed by atoms with Gasteiger partial charge in [-0.15, -0.1) is 0 Å². The van der Waals surface area contributed by atoms with Gasteiger partial charge in [0.2, 0.25) is 5.91 Å². The minimum Gasteiger partial charge on any atom is -0.353 e. The summed E-state index contributed by atoms with van der Waals surface area (Å²) in [7, 11) is 0. The van der Waals surface area contributed by atoms with Gasteiger partial charge >= 0.3 is 0 Å². The van der Waals surface area contributed by atoms with E-state index in [4.69, 9.17) is 0 Å². The molecule has 2 rings (SSSR count). The highest BCUT2D eigenvalue weighted by molar-refractivity contribution is 9.10. The molecule has 1 aromatic rings. The first-order valence-corrected chi connectivity index (χ1v) is 9.15. The van der Waals surface area contributed by atoms with Gasteiger partial charge in [0.25, 0.3) is 0 Å². The van der Waals surface area contributed by atoms with E-state index in [1.807, 2.05) is 0 Å². The van der Waals surface area contributed by atoms with Crippen molar-refractivity contribution in [3.63, 3.8) is 0 Å². The Morgan fingerprint density at radius 2 is 1.95 bits per heavy atom. The Morgan fingerprint density at radius 3 is 2.55 bits per heavy atom. The van der Waals surface area contributed by atoms with Gasteiger partial charge in [-0.1, -0.05) is 41.4 Å². The minimum absolute atomic E-state index is 0.195. The Bertz CT molecular complexity index is 466. The molecule has 1 amide bonds. The fourth-order valence-corrected chi connectivity index (χ4v) is 3.33. The van der Waals surface area contributed by atoms with Crippen LogP contribution in [0.5, 0.6) is 0 Å². The standard InChI is InChI=1S/C18H27BrN2O/c1-3-4-14(2)20-18(22)16-9-11-21(12-10-16)13-15-5-7-17(19)8-6-15/h5-8,14,16H,3-4,9-13H2,1-2H3,(H,20,22). The van der Waals surface area contributed by atoms with Crippen LogP contribution >= 0.6 is 15.9 Å². The van der Waals surface area contributed by atoms with Crippen molar-refractivity contribution in [2.75, 3.05) is 13.1 Å². The van der Waals surface area contributed by atoms with Crippen LogP contribution in [-0.2, 0) is 11.3 Å². The summed E-state index contributed by atoms with van der Waals surface area (Å²) in [6.07, 6.45) is 4.13. The van der Waals surface area contributed by atoms with Crippen molar-refractivity contribution in [3.8, 4) is 0 Å². The molecular formula is C18H27BrN2O. The van der Waals surface area contributed by atoms with E-state index in [0.717, 1.165) is 49.8 Å². The molecule has 0 saturated carbocycles. The fourth-order valence-electron chi connectivity index (χ4n) is 3.07. The number of rotatable bonds is 6. The first-order chi connectivity index (χ1) is 10.6. The number of piperidine rings is 1. The highest BCUT2D eigenvalue weighted by Crippen LogP contribution is 2.20. The second-order valence-electron chi connectivity index (χ2n) is 6.38. The average Bonchev–Trinajstić information content (AvgIpc) is 2.50. The predicted molar refractivity (Wildman–Crippen MR) is 94.7 cm³/mol. The third-order valence-corrected chi connectivity index (χ3v) is 4.92. The first-order valence-electron chi connectivity index (χ1n) is 8.35. The molecule has 4 heteroatoms. The van der Waals surface area contributed by atoms with Gasteiger partial charge in [-0.25, -0.2) is 0 Å². The van der Waals surface area contributed by atoms with E-state index in [1.165, 1.54) is 5.56 Å². The first kappa shape index (κ1) is 17.5. The van der Waals surface area contributed by atoms with Crippen LogP contribution in [-0.4, -0.2) is 29.9 Å². The van der Waals surface area contributed by atoms with Crippen molar-refractivity contribution in [1.82, 2.24) is 10.2 Å². The van der Waals surface area contributed by atoms with Crippen LogP contribution in [0, 0.1) is 5.92 Å². The van der Waals surface area contributed by atoms with Gasteiger partial charge in [-0.3, -0.25) is 9.69 Å². The monoisotopic (exact) mass is 366 g/mol. The van der Waals surface area contributed by atoms with Crippen LogP contribution in [0.1, 0.15) is 45.1 Å². The molecule has 1 unspecified atom stereocenters. The van der Waals surface area contributed by atoms with E-state index in [1.54, 1.807) is 0 Å². The minimum atomic E-state index is 0.195. The molecule has 1 N–H and O–H groups in total. The molecule has 1 fully saturated rings. The fraction of sp³-hybridized carbons (Fsp3) is 0.611. The molecule has 0 spiro atoms. The van der Waals surface area contributed by atoms with E-state index >= 15 is 0 Å². The molecule has 22 heavy (non-hydrogen) atoms. The van der Waals surface area contributed by atoms with Crippen LogP contribution in [0.4, 0.5) is 0 Å². The third kappa shape index (κ3) is 5.40. The summed E-state index contributed by atoms with van der Waals surface area (Å²) in [5.41, 5.74) is 1.34. The van der Waals surface area contributed by atoms with Gasteiger partial charge in [-0.05, 0) is 57.0 Å². The zero-order valence-corrected chi connectivity index (χ0v) is 15.2. The van der Waals surface area contributed by atoms with Crippen LogP contribution in [0.3, 0.4) is 0 Å². The smallest absolute Gasteiger partial charge is 0.223 e. The molecule has 3 nitrogen and oxygen atoms in total. The summed E-state index contributed by atoms with van der Waals surface area (Å²) in [5.74, 6) is 0.449. The number of carbonyl (C=O) groups is 1. The summed E-state index contributed by atoms with van der Waals surface area (Å²) >= 11 is 3.47. The number of halogens is 1. The van der Waals surface area contributed by atoms with Crippen LogP contribution in [0.15, 0.2) is 28.7 Å². The maximum atomic E-state index is 12.3. The van der Waals surface area contributed by atoms with Gasteiger partial charge in [0.15, 0.2) is 0 Å². The van der Waals surface area contributed by atoms with Crippen molar-refractivity contribution in [2.24, 2.45) is 5.92 Å². The van der Waals surface area contributed by atoms with Crippen LogP contribution in [0.25, 0.3) is 0 Å². The molecule has 0 aliphatic carbocycles. The second kappa shape index (κ2) is 8.68. The van der Waals surface area contributed by atoms with Crippen LogP contribution in [0.2, 0.25) is 0 Å². The number of hydrogen-bond acceptors (Lipinski definition) is 2. The van der Waals surface area contributed by atoms with E-state index in [2.05, 4.69) is 64.3 Å². The molecule has 122 valence electrons. The van der Waals surface area contributed by atoms with Gasteiger partial charge in [0.1, 0.15) is 0 Å². The van der Waals surface area contributed by atoms with Gasteiger partial charge in [0.05, 0.1) is 0 Å². The zero-order valence-electron chi connectivity index (χ0n) is 13.6. The van der Waals surface area contributed by atoms with Gasteiger partial charge in [-0.2, -0.15) is 0 Å². The van der Waals surface area contributed by atoms with Gasteiger partial charge in [0, 0.05) is 23.0 Å². The average molecular weight is 367 g/mol. The molecule has 1 aliphatic heterocycles. The SMILES string of the molecule is CCCC(C)NC(=O)C1CCN(Cc2ccc(Br)cc2)CC1. The quantitative estimate of drug-likeness (QED) is 0.825. The number of nitrogens with zero attached hydrogens (tertiary/aromatic N) is 1. The molecule has 1 heterocycles. The number of carbonyl (C=O) groups excluding carboxylic acids is 1. The van der Waals surface area contributed by atoms with Crippen molar-refractivity contribution in [2.45, 2.75) is 52.1 Å². The van der Waals surface area contributed by atoms with Crippen molar-refractivity contribution in [1.29, 1.82) is 0 Å². The molecule has 1 saturated heterocycles. The Balaban J connectivity index is 1.75. The Labute approximate surface area is 142 Å². The van der Waals surface area contributed by atoms with Crippen LogP contribution < -0.4 is 5.32 Å². The maximum Gasteiger partial charge on any atom is 0.223 e. The molecule has 1 atom stereocenters. The lowest BCUT2D eigenvalue weighted by molar-refractivity contribution is -0.127. The Morgan fingerprint density at radius 1 is 1.32 bits per heavy atom. The maximum absolute atomic E-state index is 12.3. The van der Waals surface area contributed by atoms with Gasteiger partial charge < -0.3 is 5.32 Å². The zero-order chi connectivity index (χ0) is 15.9. The lowest BCUT2D eigenvalue weighted by Gasteiger charge is -2.31. The Kier molecular flexibility index (Phi) is 6.90. The molecular weight excluding hydrogens is 340 g/mol. The Hall–Kier alpha value is -0.870. The number of likely N-dealkylation sites (tertiary alicyclic amines) is 1. The highest BCUT2D eigenvalue weighted by Gasteiger charge is 2.25. The van der Waals surface area contributed by atoms with Crippen molar-refractivity contribution < 1.29 is 4.79 Å². The lowest BCUT2D eigenvalue weighted by atomic mass is 9.95. The third-order valence-electron chi connectivity index (χ3n) is 4.39. The summed E-state index contributed by atoms with van der Waals surface area (Å²) in [6.45, 7) is 7.26. The number of benzene rings is 1. The van der Waals surface area contributed by atoms with Crippen molar-refractivity contribution in [3.05, 3.63) is 34.3 Å². The largest absolute Gasteiger partial charge is 0.353 e. The topological polar surface area (TPSA) is 32.3 Å². The van der Waals surface area contributed by atoms with E-state index in [9.17, 15) is 4.79 Å². The number of nitrogens with one attached hydrogen (secondary N) is 1. The van der Waals surface area contributed by atoms with Crippen molar-refractivity contribution >= 4 is 21.8 Å². The summed E-state index contributed by atoms with van der Waals surface area (Å²) < 4.78 is 1.12.